The third-order valence-electron chi connectivity index (χ3n) is 3.43. The first-order valence-electron chi connectivity index (χ1n) is 7.50. The highest BCUT2D eigenvalue weighted by molar-refractivity contribution is 6.31. The zero-order valence-electron chi connectivity index (χ0n) is 12.6. The maximum Gasteiger partial charge on any atom is 0.111 e. The van der Waals surface area contributed by atoms with Gasteiger partial charge in [-0.25, -0.2) is 4.98 Å². The Bertz CT molecular complexity index is 560. The topological polar surface area (TPSA) is 29.9 Å². The molecule has 0 aliphatic heterocycles. The molecule has 110 valence electrons. The Hall–Kier alpha value is -1.06. The van der Waals surface area contributed by atoms with E-state index in [9.17, 15) is 0 Å². The number of aromatic nitrogens is 2. The lowest BCUT2D eigenvalue weighted by Gasteiger charge is -2.10. The van der Waals surface area contributed by atoms with Gasteiger partial charge in [-0.05, 0) is 24.6 Å². The standard InChI is InChI=1S/C16H24ClN3/c1-4-5-10-20-15-7-6-13(17)11-14(15)19-16(20)8-9-18-12(2)3/h6-7,11-12,18H,4-5,8-10H2,1-3H3. The molecule has 1 N–H and O–H groups in total. The van der Waals surface area contributed by atoms with Crippen LogP contribution in [0.25, 0.3) is 11.0 Å². The van der Waals surface area contributed by atoms with E-state index >= 15 is 0 Å². The molecule has 1 heterocycles. The molecule has 0 amide bonds. The molecule has 4 heteroatoms. The van der Waals surface area contributed by atoms with Gasteiger partial charge in [0.2, 0.25) is 0 Å². The van der Waals surface area contributed by atoms with Gasteiger partial charge in [0.15, 0.2) is 0 Å². The average Bonchev–Trinajstić information content (AvgIpc) is 2.72. The zero-order valence-corrected chi connectivity index (χ0v) is 13.4. The molecular weight excluding hydrogens is 270 g/mol. The minimum Gasteiger partial charge on any atom is -0.328 e. The minimum atomic E-state index is 0.512. The third kappa shape index (κ3) is 3.74. The smallest absolute Gasteiger partial charge is 0.111 e. The van der Waals surface area contributed by atoms with Crippen LogP contribution in [0.3, 0.4) is 0 Å². The summed E-state index contributed by atoms with van der Waals surface area (Å²) in [4.78, 5) is 4.76. The van der Waals surface area contributed by atoms with E-state index in [1.54, 1.807) is 0 Å². The minimum absolute atomic E-state index is 0.512. The molecule has 2 aromatic rings. The Morgan fingerprint density at radius 1 is 1.35 bits per heavy atom. The Morgan fingerprint density at radius 3 is 2.85 bits per heavy atom. The molecule has 2 rings (SSSR count). The van der Waals surface area contributed by atoms with Gasteiger partial charge in [0.25, 0.3) is 0 Å². The quantitative estimate of drug-likeness (QED) is 0.835. The highest BCUT2D eigenvalue weighted by atomic mass is 35.5. The fourth-order valence-electron chi connectivity index (χ4n) is 2.38. The Labute approximate surface area is 126 Å². The van der Waals surface area contributed by atoms with Crippen LogP contribution in [0.2, 0.25) is 5.02 Å². The summed E-state index contributed by atoms with van der Waals surface area (Å²) in [6, 6.07) is 6.50. The molecule has 0 aliphatic rings. The van der Waals surface area contributed by atoms with E-state index in [1.165, 1.54) is 18.4 Å². The molecule has 0 atom stereocenters. The summed E-state index contributed by atoms with van der Waals surface area (Å²) in [5, 5.41) is 4.21. The van der Waals surface area contributed by atoms with Gasteiger partial charge in [-0.15, -0.1) is 0 Å². The van der Waals surface area contributed by atoms with Crippen LogP contribution >= 0.6 is 11.6 Å². The number of hydrogen-bond acceptors (Lipinski definition) is 2. The predicted octanol–water partition coefficient (Wildman–Crippen LogP) is 4.03. The maximum absolute atomic E-state index is 6.07. The zero-order chi connectivity index (χ0) is 14.5. The van der Waals surface area contributed by atoms with Gasteiger partial charge in [0, 0.05) is 30.6 Å². The number of aryl methyl sites for hydroxylation is 1. The van der Waals surface area contributed by atoms with Gasteiger partial charge in [0.1, 0.15) is 5.82 Å². The van der Waals surface area contributed by atoms with E-state index in [1.807, 2.05) is 12.1 Å². The Balaban J connectivity index is 2.25. The van der Waals surface area contributed by atoms with Crippen molar-refractivity contribution < 1.29 is 0 Å². The molecule has 0 saturated heterocycles. The SMILES string of the molecule is CCCCn1c(CCNC(C)C)nc2cc(Cl)ccc21. The lowest BCUT2D eigenvalue weighted by atomic mass is 10.3. The van der Waals surface area contributed by atoms with Crippen LogP contribution in [-0.4, -0.2) is 22.1 Å². The van der Waals surface area contributed by atoms with Crippen LogP contribution in [0.5, 0.6) is 0 Å². The number of rotatable bonds is 7. The number of nitrogens with zero attached hydrogens (tertiary/aromatic N) is 2. The summed E-state index contributed by atoms with van der Waals surface area (Å²) in [5.74, 6) is 1.16. The van der Waals surface area contributed by atoms with E-state index in [0.717, 1.165) is 35.9 Å². The first-order chi connectivity index (χ1) is 9.61. The monoisotopic (exact) mass is 293 g/mol. The fourth-order valence-corrected chi connectivity index (χ4v) is 2.55. The van der Waals surface area contributed by atoms with Crippen molar-refractivity contribution in [2.45, 2.75) is 52.6 Å². The first kappa shape index (κ1) is 15.3. The van der Waals surface area contributed by atoms with Gasteiger partial charge in [-0.1, -0.05) is 38.8 Å². The first-order valence-corrected chi connectivity index (χ1v) is 7.87. The molecule has 0 aliphatic carbocycles. The largest absolute Gasteiger partial charge is 0.328 e. The van der Waals surface area contributed by atoms with Gasteiger partial charge in [0.05, 0.1) is 11.0 Å². The second kappa shape index (κ2) is 7.09. The van der Waals surface area contributed by atoms with E-state index in [0.29, 0.717) is 6.04 Å². The molecule has 0 radical (unpaired) electrons. The third-order valence-corrected chi connectivity index (χ3v) is 3.66. The number of hydrogen-bond donors (Lipinski definition) is 1. The molecule has 1 aromatic carbocycles. The van der Waals surface area contributed by atoms with Crippen molar-refractivity contribution in [2.75, 3.05) is 6.54 Å². The number of imidazole rings is 1. The van der Waals surface area contributed by atoms with Crippen LogP contribution in [0.4, 0.5) is 0 Å². The predicted molar refractivity (Wildman–Crippen MR) is 86.5 cm³/mol. The molecule has 0 saturated carbocycles. The van der Waals surface area contributed by atoms with E-state index in [4.69, 9.17) is 16.6 Å². The highest BCUT2D eigenvalue weighted by Gasteiger charge is 2.10. The van der Waals surface area contributed by atoms with Crippen LogP contribution in [0, 0.1) is 0 Å². The van der Waals surface area contributed by atoms with Gasteiger partial charge >= 0.3 is 0 Å². The van der Waals surface area contributed by atoms with Crippen LogP contribution in [0.1, 0.15) is 39.4 Å². The maximum atomic E-state index is 6.07. The van der Waals surface area contributed by atoms with Gasteiger partial charge < -0.3 is 9.88 Å². The molecule has 20 heavy (non-hydrogen) atoms. The summed E-state index contributed by atoms with van der Waals surface area (Å²) in [5.41, 5.74) is 2.20. The second-order valence-electron chi connectivity index (χ2n) is 5.53. The number of halogens is 1. The Morgan fingerprint density at radius 2 is 2.15 bits per heavy atom. The fraction of sp³-hybridized carbons (Fsp3) is 0.562. The van der Waals surface area contributed by atoms with E-state index in [-0.39, 0.29) is 0 Å². The second-order valence-corrected chi connectivity index (χ2v) is 5.96. The lowest BCUT2D eigenvalue weighted by Crippen LogP contribution is -2.25. The normalized spacial score (nSPS) is 11.7. The summed E-state index contributed by atoms with van der Waals surface area (Å²) >= 11 is 6.07. The lowest BCUT2D eigenvalue weighted by molar-refractivity contribution is 0.561. The average molecular weight is 294 g/mol. The molecule has 1 aromatic heterocycles. The molecule has 0 spiro atoms. The van der Waals surface area contributed by atoms with Crippen molar-refractivity contribution in [1.29, 1.82) is 0 Å². The van der Waals surface area contributed by atoms with Gasteiger partial charge in [-0.3, -0.25) is 0 Å². The van der Waals surface area contributed by atoms with Crippen molar-refractivity contribution >= 4 is 22.6 Å². The van der Waals surface area contributed by atoms with E-state index in [2.05, 4.69) is 36.7 Å². The number of nitrogens with one attached hydrogen (secondary N) is 1. The summed E-state index contributed by atoms with van der Waals surface area (Å²) < 4.78 is 2.34. The van der Waals surface area contributed by atoms with Gasteiger partial charge in [-0.2, -0.15) is 0 Å². The molecular formula is C16H24ClN3. The van der Waals surface area contributed by atoms with Crippen molar-refractivity contribution in [2.24, 2.45) is 0 Å². The number of benzene rings is 1. The van der Waals surface area contributed by atoms with Crippen molar-refractivity contribution in [1.82, 2.24) is 14.9 Å². The Kier molecular flexibility index (Phi) is 5.44. The summed E-state index contributed by atoms with van der Waals surface area (Å²) in [6.07, 6.45) is 3.32. The van der Waals surface area contributed by atoms with Crippen LogP contribution in [-0.2, 0) is 13.0 Å². The van der Waals surface area contributed by atoms with Crippen molar-refractivity contribution in [3.05, 3.63) is 29.0 Å². The molecule has 3 nitrogen and oxygen atoms in total. The highest BCUT2D eigenvalue weighted by Crippen LogP contribution is 2.21. The summed E-state index contributed by atoms with van der Waals surface area (Å²) in [7, 11) is 0. The van der Waals surface area contributed by atoms with E-state index < -0.39 is 0 Å². The molecule has 0 fully saturated rings. The van der Waals surface area contributed by atoms with Crippen LogP contribution in [0.15, 0.2) is 18.2 Å². The number of unbranched alkanes of at least 4 members (excludes halogenated alkanes) is 1. The van der Waals surface area contributed by atoms with Crippen LogP contribution < -0.4 is 5.32 Å². The summed E-state index contributed by atoms with van der Waals surface area (Å²) in [6.45, 7) is 8.54. The number of fused-ring (bicyclic) bond motifs is 1. The molecule has 0 unspecified atom stereocenters. The van der Waals surface area contributed by atoms with Crippen molar-refractivity contribution in [3.8, 4) is 0 Å². The molecule has 0 bridgehead atoms. The van der Waals surface area contributed by atoms with Crippen molar-refractivity contribution in [3.63, 3.8) is 0 Å².